The Kier molecular flexibility index (Phi) is 7.25. The summed E-state index contributed by atoms with van der Waals surface area (Å²) in [5.41, 5.74) is 0.656. The average molecular weight is 434 g/mol. The van der Waals surface area contributed by atoms with Crippen LogP contribution in [0.5, 0.6) is 0 Å². The fraction of sp³-hybridized carbons (Fsp3) is 0.524. The van der Waals surface area contributed by atoms with E-state index in [-0.39, 0.29) is 36.7 Å². The Labute approximate surface area is 179 Å². The number of aryl methyl sites for hydroxylation is 1. The lowest BCUT2D eigenvalue weighted by Crippen LogP contribution is -2.46. The van der Waals surface area contributed by atoms with Crippen molar-refractivity contribution >= 4 is 29.1 Å². The molecule has 0 spiro atoms. The largest absolute Gasteiger partial charge is 0.466 e. The lowest BCUT2D eigenvalue weighted by Gasteiger charge is -2.32. The maximum atomic E-state index is 12.5. The number of furan rings is 1. The zero-order valence-corrected chi connectivity index (χ0v) is 18.4. The topological polar surface area (TPSA) is 93.0 Å². The zero-order valence-electron chi connectivity index (χ0n) is 17.6. The second-order valence-corrected chi connectivity index (χ2v) is 8.25. The third kappa shape index (κ3) is 5.47. The van der Waals surface area contributed by atoms with Gasteiger partial charge < -0.3 is 19.0 Å². The lowest BCUT2D eigenvalue weighted by atomic mass is 9.97. The van der Waals surface area contributed by atoms with Crippen molar-refractivity contribution in [2.75, 3.05) is 33.3 Å². The minimum absolute atomic E-state index is 0.0112. The number of piperidine rings is 1. The summed E-state index contributed by atoms with van der Waals surface area (Å²) in [6.07, 6.45) is 1.32. The van der Waals surface area contributed by atoms with Crippen molar-refractivity contribution in [1.29, 1.82) is 0 Å². The number of carbonyl (C=O) groups is 3. The minimum atomic E-state index is -0.191. The first-order valence-electron chi connectivity index (χ1n) is 10.1. The predicted octanol–water partition coefficient (Wildman–Crippen LogP) is 2.51. The van der Waals surface area contributed by atoms with Crippen molar-refractivity contribution in [1.82, 2.24) is 14.8 Å². The number of thiazole rings is 1. The molecule has 0 saturated carbocycles. The summed E-state index contributed by atoms with van der Waals surface area (Å²) < 4.78 is 10.6. The van der Waals surface area contributed by atoms with Crippen LogP contribution in [-0.4, -0.2) is 65.9 Å². The van der Waals surface area contributed by atoms with Gasteiger partial charge in [-0.25, -0.2) is 4.98 Å². The summed E-state index contributed by atoms with van der Waals surface area (Å²) in [5, 5.41) is 2.56. The van der Waals surface area contributed by atoms with Gasteiger partial charge in [-0.15, -0.1) is 11.3 Å². The molecule has 0 N–H and O–H groups in total. The van der Waals surface area contributed by atoms with Crippen LogP contribution < -0.4 is 0 Å². The maximum Gasteiger partial charge on any atom is 0.309 e. The number of esters is 1. The van der Waals surface area contributed by atoms with Crippen LogP contribution in [0.2, 0.25) is 0 Å². The van der Waals surface area contributed by atoms with E-state index in [1.807, 2.05) is 24.4 Å². The molecule has 0 atom stereocenters. The highest BCUT2D eigenvalue weighted by molar-refractivity contribution is 7.13. The highest BCUT2D eigenvalue weighted by Gasteiger charge is 2.29. The van der Waals surface area contributed by atoms with Gasteiger partial charge in [0.05, 0.1) is 31.2 Å². The highest BCUT2D eigenvalue weighted by atomic mass is 32.1. The second kappa shape index (κ2) is 9.88. The Morgan fingerprint density at radius 1 is 1.30 bits per heavy atom. The van der Waals surface area contributed by atoms with E-state index < -0.39 is 0 Å². The van der Waals surface area contributed by atoms with Crippen LogP contribution >= 0.6 is 11.3 Å². The van der Waals surface area contributed by atoms with Crippen molar-refractivity contribution in [3.8, 4) is 10.8 Å². The second-order valence-electron chi connectivity index (χ2n) is 7.39. The van der Waals surface area contributed by atoms with E-state index in [9.17, 15) is 14.4 Å². The average Bonchev–Trinajstić information content (AvgIpc) is 3.37. The highest BCUT2D eigenvalue weighted by Crippen LogP contribution is 2.26. The van der Waals surface area contributed by atoms with Crippen molar-refractivity contribution in [3.63, 3.8) is 0 Å². The molecule has 2 aromatic rings. The molecule has 0 radical (unpaired) electrons. The van der Waals surface area contributed by atoms with E-state index >= 15 is 0 Å². The van der Waals surface area contributed by atoms with Gasteiger partial charge in [0.25, 0.3) is 0 Å². The van der Waals surface area contributed by atoms with Crippen LogP contribution in [0.4, 0.5) is 0 Å². The van der Waals surface area contributed by atoms with Gasteiger partial charge in [0.15, 0.2) is 10.8 Å². The number of nitrogens with zero attached hydrogens (tertiary/aromatic N) is 3. The molecular weight excluding hydrogens is 406 g/mol. The molecule has 0 aromatic carbocycles. The number of aromatic nitrogens is 1. The normalized spacial score (nSPS) is 14.6. The number of rotatable bonds is 7. The van der Waals surface area contributed by atoms with Gasteiger partial charge in [-0.2, -0.15) is 0 Å². The maximum absolute atomic E-state index is 12.5. The number of hydrogen-bond acceptors (Lipinski definition) is 7. The van der Waals surface area contributed by atoms with E-state index in [0.29, 0.717) is 44.0 Å². The molecular formula is C21H27N3O5S. The monoisotopic (exact) mass is 433 g/mol. The van der Waals surface area contributed by atoms with Gasteiger partial charge in [0.1, 0.15) is 5.76 Å². The third-order valence-corrected chi connectivity index (χ3v) is 6.01. The van der Waals surface area contributed by atoms with Gasteiger partial charge in [0, 0.05) is 25.5 Å². The van der Waals surface area contributed by atoms with Gasteiger partial charge in [-0.3, -0.25) is 14.4 Å². The van der Waals surface area contributed by atoms with Crippen molar-refractivity contribution in [3.05, 3.63) is 29.0 Å². The molecule has 1 fully saturated rings. The van der Waals surface area contributed by atoms with Crippen molar-refractivity contribution < 1.29 is 23.5 Å². The summed E-state index contributed by atoms with van der Waals surface area (Å²) in [6, 6.07) is 3.73. The molecule has 0 unspecified atom stereocenters. The van der Waals surface area contributed by atoms with Crippen molar-refractivity contribution in [2.24, 2.45) is 5.92 Å². The number of carbonyl (C=O) groups excluding carboxylic acids is 3. The van der Waals surface area contributed by atoms with Crippen LogP contribution in [0.1, 0.15) is 31.2 Å². The van der Waals surface area contributed by atoms with Gasteiger partial charge >= 0.3 is 5.97 Å². The lowest BCUT2D eigenvalue weighted by molar-refractivity contribution is -0.151. The quantitative estimate of drug-likeness (QED) is 0.623. The molecule has 3 rings (SSSR count). The SMILES string of the molecule is CCOC(=O)C1CCN(C(=O)CN(C)C(=O)Cc2csc(-c3ccc(C)o3)n2)CC1. The van der Waals surface area contributed by atoms with Crippen LogP contribution in [-0.2, 0) is 25.5 Å². The molecule has 0 bridgehead atoms. The molecule has 8 nitrogen and oxygen atoms in total. The van der Waals surface area contributed by atoms with Crippen LogP contribution in [0.25, 0.3) is 10.8 Å². The predicted molar refractivity (Wildman–Crippen MR) is 112 cm³/mol. The first-order chi connectivity index (χ1) is 14.4. The van der Waals surface area contributed by atoms with Crippen LogP contribution in [0, 0.1) is 12.8 Å². The van der Waals surface area contributed by atoms with E-state index in [0.717, 1.165) is 10.8 Å². The van der Waals surface area contributed by atoms with E-state index in [1.165, 1.54) is 16.2 Å². The van der Waals surface area contributed by atoms with Gasteiger partial charge in [-0.05, 0) is 38.8 Å². The van der Waals surface area contributed by atoms with E-state index in [4.69, 9.17) is 9.15 Å². The summed E-state index contributed by atoms with van der Waals surface area (Å²) in [4.78, 5) is 44.5. The molecule has 1 aliphatic heterocycles. The fourth-order valence-corrected chi connectivity index (χ4v) is 4.14. The van der Waals surface area contributed by atoms with Crippen LogP contribution in [0.3, 0.4) is 0 Å². The first kappa shape index (κ1) is 22.0. The Hall–Kier alpha value is -2.68. The van der Waals surface area contributed by atoms with Crippen molar-refractivity contribution in [2.45, 2.75) is 33.1 Å². The Morgan fingerprint density at radius 2 is 2.03 bits per heavy atom. The standard InChI is InChI=1S/C21H27N3O5S/c1-4-28-21(27)15-7-9-24(10-8-15)19(26)12-23(3)18(25)11-16-13-30-20(22-16)17-6-5-14(2)29-17/h5-6,13,15H,4,7-12H2,1-3H3. The molecule has 162 valence electrons. The summed E-state index contributed by atoms with van der Waals surface area (Å²) in [6.45, 7) is 5.04. The summed E-state index contributed by atoms with van der Waals surface area (Å²) >= 11 is 1.42. The molecule has 0 aliphatic carbocycles. The smallest absolute Gasteiger partial charge is 0.309 e. The molecule has 30 heavy (non-hydrogen) atoms. The van der Waals surface area contributed by atoms with Crippen LogP contribution in [0.15, 0.2) is 21.9 Å². The first-order valence-corrected chi connectivity index (χ1v) is 10.9. The molecule has 1 aliphatic rings. The molecule has 3 heterocycles. The molecule has 2 aromatic heterocycles. The van der Waals surface area contributed by atoms with E-state index in [1.54, 1.807) is 18.9 Å². The number of likely N-dealkylation sites (N-methyl/N-ethyl adjacent to an activating group) is 1. The molecule has 2 amide bonds. The Morgan fingerprint density at radius 3 is 2.67 bits per heavy atom. The molecule has 9 heteroatoms. The number of amides is 2. The number of likely N-dealkylation sites (tertiary alicyclic amines) is 1. The summed E-state index contributed by atoms with van der Waals surface area (Å²) in [7, 11) is 1.62. The summed E-state index contributed by atoms with van der Waals surface area (Å²) in [5.74, 6) is 0.873. The third-order valence-electron chi connectivity index (χ3n) is 5.10. The van der Waals surface area contributed by atoms with Gasteiger partial charge in [0.2, 0.25) is 11.8 Å². The zero-order chi connectivity index (χ0) is 21.7. The Balaban J connectivity index is 1.47. The number of ether oxygens (including phenoxy) is 1. The Bertz CT molecular complexity index is 898. The minimum Gasteiger partial charge on any atom is -0.466 e. The van der Waals surface area contributed by atoms with Gasteiger partial charge in [-0.1, -0.05) is 0 Å². The molecule has 1 saturated heterocycles. The number of hydrogen-bond donors (Lipinski definition) is 0. The van der Waals surface area contributed by atoms with E-state index in [2.05, 4.69) is 4.98 Å². The fourth-order valence-electron chi connectivity index (χ4n) is 3.36.